The summed E-state index contributed by atoms with van der Waals surface area (Å²) >= 11 is 0. The van der Waals surface area contributed by atoms with Gasteiger partial charge in [-0.1, -0.05) is 67.6 Å². The minimum absolute atomic E-state index is 1.03. The van der Waals surface area contributed by atoms with E-state index in [1.54, 1.807) is 0 Å². The molecule has 0 heteroatoms. The molecule has 0 aromatic heterocycles. The molecule has 0 N–H and O–H groups in total. The summed E-state index contributed by atoms with van der Waals surface area (Å²) < 4.78 is 0. The Morgan fingerprint density at radius 2 is 1.94 bits per heavy atom. The second kappa shape index (κ2) is 6.84. The van der Waals surface area contributed by atoms with E-state index in [1.165, 1.54) is 16.7 Å². The molecule has 0 radical (unpaired) electrons. The van der Waals surface area contributed by atoms with Gasteiger partial charge in [-0.25, -0.2) is 0 Å². The molecule has 84 valence electrons. The standard InChI is InChI=1S/C16H20/c1-4-6-12-16(5-2)14(3)13-15-10-8-7-9-11-15/h4,6-12H,1,5,13H2,2-3H3/b12-6-,16-14+. The Morgan fingerprint density at radius 1 is 1.25 bits per heavy atom. The first-order valence-electron chi connectivity index (χ1n) is 5.79. The van der Waals surface area contributed by atoms with E-state index in [2.05, 4.69) is 56.8 Å². The lowest BCUT2D eigenvalue weighted by molar-refractivity contribution is 1.04. The van der Waals surface area contributed by atoms with E-state index < -0.39 is 0 Å². The Morgan fingerprint density at radius 3 is 2.50 bits per heavy atom. The molecule has 0 nitrogen and oxygen atoms in total. The predicted molar refractivity (Wildman–Crippen MR) is 72.5 cm³/mol. The van der Waals surface area contributed by atoms with Crippen molar-refractivity contribution in [3.05, 3.63) is 71.8 Å². The van der Waals surface area contributed by atoms with Crippen molar-refractivity contribution in [1.29, 1.82) is 0 Å². The molecule has 0 atom stereocenters. The molecule has 0 bridgehead atoms. The number of rotatable bonds is 5. The van der Waals surface area contributed by atoms with Crippen LogP contribution < -0.4 is 0 Å². The minimum atomic E-state index is 1.03. The van der Waals surface area contributed by atoms with Crippen molar-refractivity contribution < 1.29 is 0 Å². The fraction of sp³-hybridized carbons (Fsp3) is 0.250. The lowest BCUT2D eigenvalue weighted by Crippen LogP contribution is -1.90. The lowest BCUT2D eigenvalue weighted by Gasteiger charge is -2.06. The first-order chi connectivity index (χ1) is 7.77. The Bertz CT molecular complexity index is 380. The molecule has 0 saturated heterocycles. The van der Waals surface area contributed by atoms with E-state index in [9.17, 15) is 0 Å². The average Bonchev–Trinajstić information content (AvgIpc) is 2.31. The number of hydrogen-bond donors (Lipinski definition) is 0. The highest BCUT2D eigenvalue weighted by molar-refractivity contribution is 5.30. The van der Waals surface area contributed by atoms with Crippen LogP contribution in [0, 0.1) is 0 Å². The normalized spacial score (nSPS) is 12.6. The largest absolute Gasteiger partial charge is 0.0991 e. The number of hydrogen-bond acceptors (Lipinski definition) is 0. The van der Waals surface area contributed by atoms with Crippen molar-refractivity contribution in [2.45, 2.75) is 26.7 Å². The maximum absolute atomic E-state index is 3.70. The third kappa shape index (κ3) is 3.90. The predicted octanol–water partition coefficient (Wildman–Crippen LogP) is 4.70. The van der Waals surface area contributed by atoms with Crippen molar-refractivity contribution >= 4 is 0 Å². The highest BCUT2D eigenvalue weighted by atomic mass is 14.0. The highest BCUT2D eigenvalue weighted by Crippen LogP contribution is 2.15. The van der Waals surface area contributed by atoms with Gasteiger partial charge in [0.1, 0.15) is 0 Å². The van der Waals surface area contributed by atoms with Crippen LogP contribution in [0.2, 0.25) is 0 Å². The zero-order chi connectivity index (χ0) is 11.8. The van der Waals surface area contributed by atoms with Crippen molar-refractivity contribution in [2.75, 3.05) is 0 Å². The summed E-state index contributed by atoms with van der Waals surface area (Å²) in [5.74, 6) is 0. The SMILES string of the molecule is C=C/C=C\C(CC)=C(/C)Cc1ccccc1. The van der Waals surface area contributed by atoms with E-state index in [4.69, 9.17) is 0 Å². The minimum Gasteiger partial charge on any atom is -0.0991 e. The maximum atomic E-state index is 3.70. The van der Waals surface area contributed by atoms with Gasteiger partial charge in [-0.2, -0.15) is 0 Å². The molecule has 1 rings (SSSR count). The summed E-state index contributed by atoms with van der Waals surface area (Å²) in [6.07, 6.45) is 8.10. The van der Waals surface area contributed by atoms with E-state index in [-0.39, 0.29) is 0 Å². The van der Waals surface area contributed by atoms with Gasteiger partial charge >= 0.3 is 0 Å². The van der Waals surface area contributed by atoms with Crippen molar-refractivity contribution in [1.82, 2.24) is 0 Å². The third-order valence-electron chi connectivity index (χ3n) is 2.67. The van der Waals surface area contributed by atoms with E-state index in [1.807, 2.05) is 12.2 Å². The van der Waals surface area contributed by atoms with Crippen molar-refractivity contribution in [3.63, 3.8) is 0 Å². The van der Waals surface area contributed by atoms with E-state index in [0.29, 0.717) is 0 Å². The third-order valence-corrected chi connectivity index (χ3v) is 2.67. The molecule has 16 heavy (non-hydrogen) atoms. The smallest absolute Gasteiger partial charge is 0.00641 e. The van der Waals surface area contributed by atoms with Crippen molar-refractivity contribution in [2.24, 2.45) is 0 Å². The van der Waals surface area contributed by atoms with Crippen LogP contribution in [-0.4, -0.2) is 0 Å². The molecule has 1 aromatic rings. The van der Waals surface area contributed by atoms with Crippen LogP contribution in [0.1, 0.15) is 25.8 Å². The monoisotopic (exact) mass is 212 g/mol. The molecular weight excluding hydrogens is 192 g/mol. The lowest BCUT2D eigenvalue weighted by atomic mass is 9.99. The van der Waals surface area contributed by atoms with Crippen LogP contribution >= 0.6 is 0 Å². The highest BCUT2D eigenvalue weighted by Gasteiger charge is 1.98. The molecule has 0 saturated carbocycles. The topological polar surface area (TPSA) is 0 Å². The molecule has 1 aromatic carbocycles. The maximum Gasteiger partial charge on any atom is -0.00641 e. The zero-order valence-electron chi connectivity index (χ0n) is 10.2. The molecule has 0 spiro atoms. The molecule has 0 heterocycles. The molecule has 0 aliphatic carbocycles. The average molecular weight is 212 g/mol. The second-order valence-corrected chi connectivity index (χ2v) is 3.92. The van der Waals surface area contributed by atoms with Crippen LogP contribution in [0.4, 0.5) is 0 Å². The van der Waals surface area contributed by atoms with Crippen LogP contribution in [-0.2, 0) is 6.42 Å². The number of allylic oxidation sites excluding steroid dienone is 5. The Hall–Kier alpha value is -1.56. The zero-order valence-corrected chi connectivity index (χ0v) is 10.2. The van der Waals surface area contributed by atoms with Gasteiger partial charge < -0.3 is 0 Å². The molecule has 0 amide bonds. The molecular formula is C16H20. The van der Waals surface area contributed by atoms with Gasteiger partial charge in [0.15, 0.2) is 0 Å². The summed E-state index contributed by atoms with van der Waals surface area (Å²) in [7, 11) is 0. The summed E-state index contributed by atoms with van der Waals surface area (Å²) in [5, 5.41) is 0. The van der Waals surface area contributed by atoms with Gasteiger partial charge in [0.05, 0.1) is 0 Å². The Labute approximate surface area is 99.0 Å². The van der Waals surface area contributed by atoms with Gasteiger partial charge in [0.2, 0.25) is 0 Å². The van der Waals surface area contributed by atoms with Gasteiger partial charge in [0, 0.05) is 0 Å². The summed E-state index contributed by atoms with van der Waals surface area (Å²) in [5.41, 5.74) is 4.22. The van der Waals surface area contributed by atoms with Crippen LogP contribution in [0.25, 0.3) is 0 Å². The van der Waals surface area contributed by atoms with E-state index in [0.717, 1.165) is 12.8 Å². The summed E-state index contributed by atoms with van der Waals surface area (Å²) in [6, 6.07) is 10.6. The summed E-state index contributed by atoms with van der Waals surface area (Å²) in [4.78, 5) is 0. The fourth-order valence-electron chi connectivity index (χ4n) is 1.76. The van der Waals surface area contributed by atoms with Crippen LogP contribution in [0.5, 0.6) is 0 Å². The Balaban J connectivity index is 2.82. The Kier molecular flexibility index (Phi) is 5.35. The van der Waals surface area contributed by atoms with E-state index >= 15 is 0 Å². The molecule has 0 fully saturated rings. The first kappa shape index (κ1) is 12.5. The quantitative estimate of drug-likeness (QED) is 0.621. The fourth-order valence-corrected chi connectivity index (χ4v) is 1.76. The van der Waals surface area contributed by atoms with Gasteiger partial charge in [-0.15, -0.1) is 0 Å². The van der Waals surface area contributed by atoms with Gasteiger partial charge in [0.25, 0.3) is 0 Å². The van der Waals surface area contributed by atoms with Crippen LogP contribution in [0.15, 0.2) is 66.3 Å². The first-order valence-corrected chi connectivity index (χ1v) is 5.79. The summed E-state index contributed by atoms with van der Waals surface area (Å²) in [6.45, 7) is 8.10. The van der Waals surface area contributed by atoms with Gasteiger partial charge in [-0.05, 0) is 30.9 Å². The molecule has 0 aliphatic heterocycles. The van der Waals surface area contributed by atoms with Gasteiger partial charge in [-0.3, -0.25) is 0 Å². The number of benzene rings is 1. The molecule has 0 unspecified atom stereocenters. The van der Waals surface area contributed by atoms with Crippen molar-refractivity contribution in [3.8, 4) is 0 Å². The second-order valence-electron chi connectivity index (χ2n) is 3.92. The molecule has 0 aliphatic rings. The van der Waals surface area contributed by atoms with Crippen LogP contribution in [0.3, 0.4) is 0 Å².